The average Bonchev–Trinajstić information content (AvgIpc) is 2.65. The highest BCUT2D eigenvalue weighted by Crippen LogP contribution is 2.31. The number of halogens is 1. The van der Waals surface area contributed by atoms with Crippen LogP contribution in [0.4, 0.5) is 4.39 Å². The number of benzene rings is 2. The lowest BCUT2D eigenvalue weighted by molar-refractivity contribution is 0.196. The molecule has 0 radical (unpaired) electrons. The molecule has 0 bridgehead atoms. The van der Waals surface area contributed by atoms with Crippen molar-refractivity contribution in [3.05, 3.63) is 65.5 Å². The average molecular weight is 370 g/mol. The molecule has 3 rings (SSSR count). The van der Waals surface area contributed by atoms with Crippen LogP contribution < -0.4 is 10.1 Å². The topological polar surface area (TPSA) is 21.3 Å². The van der Waals surface area contributed by atoms with Gasteiger partial charge in [0.15, 0.2) is 0 Å². The van der Waals surface area contributed by atoms with Crippen LogP contribution in [0.5, 0.6) is 5.75 Å². The zero-order valence-electron chi connectivity index (χ0n) is 16.7. The maximum Gasteiger partial charge on any atom is 0.123 e. The van der Waals surface area contributed by atoms with Crippen molar-refractivity contribution in [1.29, 1.82) is 0 Å². The van der Waals surface area contributed by atoms with Crippen molar-refractivity contribution in [2.24, 2.45) is 17.8 Å². The van der Waals surface area contributed by atoms with Crippen molar-refractivity contribution in [3.8, 4) is 5.75 Å². The van der Waals surface area contributed by atoms with Crippen LogP contribution in [0.3, 0.4) is 0 Å². The largest absolute Gasteiger partial charge is 0.493 e. The van der Waals surface area contributed by atoms with Crippen molar-refractivity contribution in [1.82, 2.24) is 5.32 Å². The Hall–Kier alpha value is -1.87. The lowest BCUT2D eigenvalue weighted by atomic mass is 9.75. The van der Waals surface area contributed by atoms with Crippen LogP contribution in [0.1, 0.15) is 38.3 Å². The molecule has 0 amide bonds. The Balaban J connectivity index is 1.64. The lowest BCUT2D eigenvalue weighted by Gasteiger charge is -2.38. The summed E-state index contributed by atoms with van der Waals surface area (Å²) < 4.78 is 19.0. The quantitative estimate of drug-likeness (QED) is 0.719. The Kier molecular flexibility index (Phi) is 6.89. The standard InChI is InChI=1S/C24H32FNO/c1-17(2)16-27-23-10-6-19(7-11-23)14-21-12-13-26-18(3)24(21)15-20-4-8-22(25)9-5-20/h4-11,17-18,21,24,26H,12-16H2,1-3H3. The highest BCUT2D eigenvalue weighted by Gasteiger charge is 2.30. The van der Waals surface area contributed by atoms with Gasteiger partial charge in [0, 0.05) is 6.04 Å². The molecule has 1 aliphatic rings. The monoisotopic (exact) mass is 369 g/mol. The predicted octanol–water partition coefficient (Wildman–Crippen LogP) is 5.26. The van der Waals surface area contributed by atoms with Gasteiger partial charge in [-0.05, 0) is 85.9 Å². The number of nitrogens with one attached hydrogen (secondary N) is 1. The number of piperidine rings is 1. The van der Waals surface area contributed by atoms with E-state index in [1.54, 1.807) is 12.1 Å². The molecule has 0 aliphatic carbocycles. The summed E-state index contributed by atoms with van der Waals surface area (Å²) in [4.78, 5) is 0. The van der Waals surface area contributed by atoms with E-state index in [1.807, 2.05) is 12.1 Å². The Labute approximate surface area is 163 Å². The number of rotatable bonds is 7. The molecule has 3 unspecified atom stereocenters. The molecule has 2 aromatic rings. The first-order chi connectivity index (χ1) is 13.0. The van der Waals surface area contributed by atoms with Gasteiger partial charge in [0.05, 0.1) is 6.61 Å². The first kappa shape index (κ1) is 19.9. The zero-order chi connectivity index (χ0) is 19.2. The fourth-order valence-electron chi connectivity index (χ4n) is 4.05. The number of ether oxygens (including phenoxy) is 1. The second kappa shape index (κ2) is 9.36. The summed E-state index contributed by atoms with van der Waals surface area (Å²) in [5, 5.41) is 3.62. The Morgan fingerprint density at radius 1 is 1.00 bits per heavy atom. The van der Waals surface area contributed by atoms with Crippen LogP contribution in [0.25, 0.3) is 0 Å². The summed E-state index contributed by atoms with van der Waals surface area (Å²) in [6, 6.07) is 16.1. The minimum Gasteiger partial charge on any atom is -0.493 e. The highest BCUT2D eigenvalue weighted by atomic mass is 19.1. The molecule has 27 heavy (non-hydrogen) atoms. The van der Waals surface area contributed by atoms with Gasteiger partial charge < -0.3 is 10.1 Å². The van der Waals surface area contributed by atoms with Crippen LogP contribution in [-0.2, 0) is 12.8 Å². The normalized spacial score (nSPS) is 22.8. The molecule has 3 heteroatoms. The van der Waals surface area contributed by atoms with Gasteiger partial charge in [0.25, 0.3) is 0 Å². The van der Waals surface area contributed by atoms with Crippen LogP contribution in [0, 0.1) is 23.6 Å². The van der Waals surface area contributed by atoms with E-state index in [-0.39, 0.29) is 5.82 Å². The molecular formula is C24H32FNO. The summed E-state index contributed by atoms with van der Waals surface area (Å²) in [6.45, 7) is 8.43. The van der Waals surface area contributed by atoms with E-state index in [9.17, 15) is 4.39 Å². The molecule has 0 saturated carbocycles. The van der Waals surface area contributed by atoms with Crippen molar-refractivity contribution < 1.29 is 9.13 Å². The van der Waals surface area contributed by atoms with E-state index >= 15 is 0 Å². The molecule has 1 aliphatic heterocycles. The predicted molar refractivity (Wildman–Crippen MR) is 110 cm³/mol. The van der Waals surface area contributed by atoms with Crippen LogP contribution in [0.2, 0.25) is 0 Å². The fourth-order valence-corrected chi connectivity index (χ4v) is 4.05. The number of hydrogen-bond donors (Lipinski definition) is 1. The van der Waals surface area contributed by atoms with Crippen molar-refractivity contribution in [3.63, 3.8) is 0 Å². The van der Waals surface area contributed by atoms with E-state index in [0.717, 1.165) is 31.7 Å². The van der Waals surface area contributed by atoms with E-state index in [1.165, 1.54) is 17.5 Å². The summed E-state index contributed by atoms with van der Waals surface area (Å²) in [7, 11) is 0. The summed E-state index contributed by atoms with van der Waals surface area (Å²) in [5.74, 6) is 2.52. The van der Waals surface area contributed by atoms with Crippen molar-refractivity contribution >= 4 is 0 Å². The minimum absolute atomic E-state index is 0.162. The zero-order valence-corrected chi connectivity index (χ0v) is 16.7. The second-order valence-corrected chi connectivity index (χ2v) is 8.34. The first-order valence-electron chi connectivity index (χ1n) is 10.2. The van der Waals surface area contributed by atoms with E-state index in [4.69, 9.17) is 4.74 Å². The third-order valence-corrected chi connectivity index (χ3v) is 5.62. The smallest absolute Gasteiger partial charge is 0.123 e. The molecule has 0 aromatic heterocycles. The number of hydrogen-bond acceptors (Lipinski definition) is 2. The molecule has 3 atom stereocenters. The van der Waals surface area contributed by atoms with Gasteiger partial charge in [0.2, 0.25) is 0 Å². The van der Waals surface area contributed by atoms with Crippen molar-refractivity contribution in [2.75, 3.05) is 13.2 Å². The molecular weight excluding hydrogens is 337 g/mol. The van der Waals surface area contributed by atoms with Crippen molar-refractivity contribution in [2.45, 2.75) is 46.1 Å². The second-order valence-electron chi connectivity index (χ2n) is 8.34. The third-order valence-electron chi connectivity index (χ3n) is 5.62. The van der Waals surface area contributed by atoms with Gasteiger partial charge >= 0.3 is 0 Å². The Bertz CT molecular complexity index is 695. The fraction of sp³-hybridized carbons (Fsp3) is 0.500. The molecule has 1 heterocycles. The van der Waals surface area contributed by atoms with Crippen LogP contribution in [0.15, 0.2) is 48.5 Å². The Morgan fingerprint density at radius 2 is 1.63 bits per heavy atom. The summed E-state index contributed by atoms with van der Waals surface area (Å²) in [6.07, 6.45) is 3.26. The molecule has 1 saturated heterocycles. The summed E-state index contributed by atoms with van der Waals surface area (Å²) >= 11 is 0. The van der Waals surface area contributed by atoms with E-state index in [2.05, 4.69) is 50.4 Å². The van der Waals surface area contributed by atoms with Crippen LogP contribution in [-0.4, -0.2) is 19.2 Å². The third kappa shape index (κ3) is 5.80. The maximum absolute atomic E-state index is 13.2. The minimum atomic E-state index is -0.162. The molecule has 146 valence electrons. The Morgan fingerprint density at radius 3 is 2.30 bits per heavy atom. The van der Waals surface area contributed by atoms with Gasteiger partial charge in [-0.15, -0.1) is 0 Å². The van der Waals surface area contributed by atoms with Gasteiger partial charge in [-0.1, -0.05) is 38.1 Å². The summed E-state index contributed by atoms with van der Waals surface area (Å²) in [5.41, 5.74) is 2.59. The van der Waals surface area contributed by atoms with Gasteiger partial charge in [-0.2, -0.15) is 0 Å². The molecule has 1 N–H and O–H groups in total. The highest BCUT2D eigenvalue weighted by molar-refractivity contribution is 5.28. The van der Waals surface area contributed by atoms with Gasteiger partial charge in [-0.3, -0.25) is 0 Å². The molecule has 2 aromatic carbocycles. The van der Waals surface area contributed by atoms with Gasteiger partial charge in [0.1, 0.15) is 11.6 Å². The molecule has 1 fully saturated rings. The van der Waals surface area contributed by atoms with Gasteiger partial charge in [-0.25, -0.2) is 4.39 Å². The maximum atomic E-state index is 13.2. The SMILES string of the molecule is CC(C)COc1ccc(CC2CCNC(C)C2Cc2ccc(F)cc2)cc1. The van der Waals surface area contributed by atoms with E-state index in [0.29, 0.717) is 23.8 Å². The molecule has 0 spiro atoms. The lowest BCUT2D eigenvalue weighted by Crippen LogP contribution is -2.45. The van der Waals surface area contributed by atoms with Crippen LogP contribution >= 0.6 is 0 Å². The first-order valence-corrected chi connectivity index (χ1v) is 10.2. The van der Waals surface area contributed by atoms with E-state index < -0.39 is 0 Å². The molecule has 2 nitrogen and oxygen atoms in total.